The van der Waals surface area contributed by atoms with Crippen LogP contribution in [0.25, 0.3) is 0 Å². The lowest BCUT2D eigenvalue weighted by Gasteiger charge is -2.15. The number of hydrogen-bond donors (Lipinski definition) is 4. The molecule has 0 fully saturated rings. The van der Waals surface area contributed by atoms with Crippen LogP contribution in [0.2, 0.25) is 0 Å². The molecule has 0 aliphatic rings. The fraction of sp³-hybridized carbons (Fsp3) is 0.667. The zero-order chi connectivity index (χ0) is 13.4. The number of amides is 2. The van der Waals surface area contributed by atoms with Gasteiger partial charge < -0.3 is 25.6 Å². The van der Waals surface area contributed by atoms with Crippen LogP contribution >= 0.6 is 0 Å². The molecule has 0 saturated heterocycles. The van der Waals surface area contributed by atoms with E-state index in [1.165, 1.54) is 7.11 Å². The SMILES string of the molecule is COC(C)CNC(=O)NC(CC(=O)O)C(=O)O. The van der Waals surface area contributed by atoms with Gasteiger partial charge in [0.2, 0.25) is 0 Å². The molecule has 0 bridgehead atoms. The van der Waals surface area contributed by atoms with Crippen molar-refractivity contribution in [3.05, 3.63) is 0 Å². The predicted octanol–water partition coefficient (Wildman–Crippen LogP) is -0.752. The molecule has 0 heterocycles. The Kier molecular flexibility index (Phi) is 6.64. The van der Waals surface area contributed by atoms with Gasteiger partial charge in [0, 0.05) is 13.7 Å². The average Bonchev–Trinajstić information content (AvgIpc) is 2.24. The lowest BCUT2D eigenvalue weighted by molar-refractivity contribution is -0.145. The first-order valence-corrected chi connectivity index (χ1v) is 4.88. The summed E-state index contributed by atoms with van der Waals surface area (Å²) in [5.41, 5.74) is 0. The summed E-state index contributed by atoms with van der Waals surface area (Å²) in [6.45, 7) is 1.91. The van der Waals surface area contributed by atoms with Crippen LogP contribution in [0, 0.1) is 0 Å². The first-order valence-electron chi connectivity index (χ1n) is 4.88. The normalized spacial score (nSPS) is 13.5. The quantitative estimate of drug-likeness (QED) is 0.469. The van der Waals surface area contributed by atoms with E-state index in [9.17, 15) is 14.4 Å². The average molecular weight is 248 g/mol. The number of methoxy groups -OCH3 is 1. The van der Waals surface area contributed by atoms with E-state index in [0.29, 0.717) is 0 Å². The lowest BCUT2D eigenvalue weighted by atomic mass is 10.2. The van der Waals surface area contributed by atoms with Crippen molar-refractivity contribution in [3.63, 3.8) is 0 Å². The largest absolute Gasteiger partial charge is 0.481 e. The number of carbonyl (C=O) groups is 3. The van der Waals surface area contributed by atoms with Crippen LogP contribution in [0.15, 0.2) is 0 Å². The van der Waals surface area contributed by atoms with Gasteiger partial charge in [0.25, 0.3) is 0 Å². The van der Waals surface area contributed by atoms with Crippen molar-refractivity contribution in [3.8, 4) is 0 Å². The van der Waals surface area contributed by atoms with Gasteiger partial charge in [0.1, 0.15) is 6.04 Å². The molecule has 0 radical (unpaired) electrons. The minimum Gasteiger partial charge on any atom is -0.481 e. The molecule has 8 nitrogen and oxygen atoms in total. The monoisotopic (exact) mass is 248 g/mol. The highest BCUT2D eigenvalue weighted by atomic mass is 16.5. The third-order valence-corrected chi connectivity index (χ3v) is 1.93. The summed E-state index contributed by atoms with van der Waals surface area (Å²) in [4.78, 5) is 32.2. The van der Waals surface area contributed by atoms with Gasteiger partial charge in [-0.05, 0) is 6.92 Å². The first-order chi connectivity index (χ1) is 7.86. The summed E-state index contributed by atoms with van der Waals surface area (Å²) in [7, 11) is 1.47. The summed E-state index contributed by atoms with van der Waals surface area (Å²) in [6.07, 6.45) is -0.897. The smallest absolute Gasteiger partial charge is 0.326 e. The number of carboxylic acids is 2. The number of aliphatic carboxylic acids is 2. The van der Waals surface area contributed by atoms with E-state index in [1.54, 1.807) is 6.92 Å². The van der Waals surface area contributed by atoms with E-state index in [1.807, 2.05) is 5.32 Å². The molecule has 0 aromatic carbocycles. The third-order valence-electron chi connectivity index (χ3n) is 1.93. The van der Waals surface area contributed by atoms with E-state index in [2.05, 4.69) is 5.32 Å². The van der Waals surface area contributed by atoms with Crippen molar-refractivity contribution in [1.82, 2.24) is 10.6 Å². The van der Waals surface area contributed by atoms with Gasteiger partial charge in [-0.15, -0.1) is 0 Å². The standard InChI is InChI=1S/C9H16N2O6/c1-5(17-2)4-10-9(16)11-6(8(14)15)3-7(12)13/h5-6H,3-4H2,1-2H3,(H,12,13)(H,14,15)(H2,10,11,16). The lowest BCUT2D eigenvalue weighted by Crippen LogP contribution is -2.48. The van der Waals surface area contributed by atoms with Gasteiger partial charge in [0.15, 0.2) is 0 Å². The molecule has 0 saturated carbocycles. The molecule has 98 valence electrons. The molecule has 2 unspecified atom stereocenters. The second kappa shape index (κ2) is 7.44. The van der Waals surface area contributed by atoms with Crippen LogP contribution in [0.3, 0.4) is 0 Å². The van der Waals surface area contributed by atoms with Crippen LogP contribution in [0.5, 0.6) is 0 Å². The minimum absolute atomic E-state index is 0.196. The predicted molar refractivity (Wildman–Crippen MR) is 56.7 cm³/mol. The molecule has 2 amide bonds. The van der Waals surface area contributed by atoms with E-state index >= 15 is 0 Å². The number of ether oxygens (including phenoxy) is 1. The van der Waals surface area contributed by atoms with Crippen LogP contribution in [0.1, 0.15) is 13.3 Å². The molecular weight excluding hydrogens is 232 g/mol. The van der Waals surface area contributed by atoms with E-state index in [0.717, 1.165) is 0 Å². The summed E-state index contributed by atoms with van der Waals surface area (Å²) in [6, 6.07) is -2.20. The van der Waals surface area contributed by atoms with Crippen molar-refractivity contribution in [1.29, 1.82) is 0 Å². The second-order valence-corrected chi connectivity index (χ2v) is 3.39. The van der Waals surface area contributed by atoms with Gasteiger partial charge in [-0.3, -0.25) is 4.79 Å². The fourth-order valence-electron chi connectivity index (χ4n) is 0.904. The Hall–Kier alpha value is -1.83. The molecule has 2 atom stereocenters. The van der Waals surface area contributed by atoms with Crippen LogP contribution < -0.4 is 10.6 Å². The highest BCUT2D eigenvalue weighted by Gasteiger charge is 2.22. The number of rotatable bonds is 7. The van der Waals surface area contributed by atoms with Crippen molar-refractivity contribution < 1.29 is 29.3 Å². The number of urea groups is 1. The van der Waals surface area contributed by atoms with Gasteiger partial charge in [-0.25, -0.2) is 9.59 Å². The zero-order valence-electron chi connectivity index (χ0n) is 9.60. The Bertz CT molecular complexity index is 293. The van der Waals surface area contributed by atoms with Crippen LogP contribution in [-0.2, 0) is 14.3 Å². The number of carbonyl (C=O) groups excluding carboxylic acids is 1. The maximum absolute atomic E-state index is 11.2. The maximum atomic E-state index is 11.2. The molecule has 0 aromatic rings. The fourth-order valence-corrected chi connectivity index (χ4v) is 0.904. The van der Waals surface area contributed by atoms with Crippen LogP contribution in [-0.4, -0.2) is 54.0 Å². The molecule has 0 aliphatic heterocycles. The van der Waals surface area contributed by atoms with Gasteiger partial charge in [-0.2, -0.15) is 0 Å². The maximum Gasteiger partial charge on any atom is 0.326 e. The van der Waals surface area contributed by atoms with E-state index in [-0.39, 0.29) is 12.6 Å². The first kappa shape index (κ1) is 15.2. The Morgan fingerprint density at radius 1 is 1.29 bits per heavy atom. The van der Waals surface area contributed by atoms with Crippen molar-refractivity contribution in [2.24, 2.45) is 0 Å². The molecule has 17 heavy (non-hydrogen) atoms. The van der Waals surface area contributed by atoms with Gasteiger partial charge in [-0.1, -0.05) is 0 Å². The second-order valence-electron chi connectivity index (χ2n) is 3.39. The Morgan fingerprint density at radius 2 is 1.88 bits per heavy atom. The minimum atomic E-state index is -1.45. The van der Waals surface area contributed by atoms with Crippen molar-refractivity contribution in [2.75, 3.05) is 13.7 Å². The highest BCUT2D eigenvalue weighted by Crippen LogP contribution is 1.93. The molecule has 0 aliphatic carbocycles. The van der Waals surface area contributed by atoms with E-state index < -0.39 is 30.4 Å². The molecule has 8 heteroatoms. The van der Waals surface area contributed by atoms with Crippen LogP contribution in [0.4, 0.5) is 4.79 Å². The molecule has 0 aromatic heterocycles. The number of hydrogen-bond acceptors (Lipinski definition) is 4. The van der Waals surface area contributed by atoms with Crippen molar-refractivity contribution in [2.45, 2.75) is 25.5 Å². The van der Waals surface area contributed by atoms with Gasteiger partial charge >= 0.3 is 18.0 Å². The summed E-state index contributed by atoms with van der Waals surface area (Å²) in [5, 5.41) is 21.5. The summed E-state index contributed by atoms with van der Waals surface area (Å²) >= 11 is 0. The number of carboxylic acid groups (broad SMARTS) is 2. The molecule has 4 N–H and O–H groups in total. The Morgan fingerprint density at radius 3 is 2.29 bits per heavy atom. The molecular formula is C9H16N2O6. The van der Waals surface area contributed by atoms with Crippen molar-refractivity contribution >= 4 is 18.0 Å². The Labute approximate surface area is 97.9 Å². The topological polar surface area (TPSA) is 125 Å². The summed E-state index contributed by atoms with van der Waals surface area (Å²) in [5.74, 6) is -2.70. The van der Waals surface area contributed by atoms with Gasteiger partial charge in [0.05, 0.1) is 12.5 Å². The molecule has 0 spiro atoms. The number of nitrogens with one attached hydrogen (secondary N) is 2. The third kappa shape index (κ3) is 7.12. The van der Waals surface area contributed by atoms with E-state index in [4.69, 9.17) is 14.9 Å². The summed E-state index contributed by atoms with van der Waals surface area (Å²) < 4.78 is 4.86. The highest BCUT2D eigenvalue weighted by molar-refractivity contribution is 5.86. The molecule has 0 rings (SSSR count). The zero-order valence-corrected chi connectivity index (χ0v) is 9.60. The Balaban J connectivity index is 4.13.